The van der Waals surface area contributed by atoms with Crippen LogP contribution in [-0.2, 0) is 25.8 Å². The topological polar surface area (TPSA) is 130 Å². The molecule has 2 N–H and O–H groups in total. The molecular formula is C22H26N2O6S2. The average molecular weight is 479 g/mol. The van der Waals surface area contributed by atoms with E-state index in [1.165, 1.54) is 12.1 Å². The lowest BCUT2D eigenvalue weighted by molar-refractivity contribution is -0.131. The van der Waals surface area contributed by atoms with Gasteiger partial charge in [-0.15, -0.1) is 11.3 Å². The van der Waals surface area contributed by atoms with E-state index < -0.39 is 27.5 Å². The van der Waals surface area contributed by atoms with Crippen molar-refractivity contribution in [3.8, 4) is 0 Å². The highest BCUT2D eigenvalue weighted by molar-refractivity contribution is 7.90. The van der Waals surface area contributed by atoms with Gasteiger partial charge in [-0.2, -0.15) is 0 Å². The van der Waals surface area contributed by atoms with E-state index in [9.17, 15) is 22.8 Å². The normalized spacial score (nSPS) is 15.4. The van der Waals surface area contributed by atoms with Crippen molar-refractivity contribution in [3.05, 3.63) is 40.4 Å². The van der Waals surface area contributed by atoms with Gasteiger partial charge in [0.2, 0.25) is 5.91 Å². The molecule has 0 bridgehead atoms. The summed E-state index contributed by atoms with van der Waals surface area (Å²) in [6.45, 7) is 1.78. The quantitative estimate of drug-likeness (QED) is 0.415. The molecule has 0 spiro atoms. The highest BCUT2D eigenvalue weighted by Crippen LogP contribution is 2.35. The van der Waals surface area contributed by atoms with E-state index in [-0.39, 0.29) is 21.6 Å². The Morgan fingerprint density at radius 3 is 2.34 bits per heavy atom. The van der Waals surface area contributed by atoms with Gasteiger partial charge < -0.3 is 10.4 Å². The van der Waals surface area contributed by atoms with Crippen LogP contribution in [0.4, 0.5) is 5.13 Å². The molecule has 1 fully saturated rings. The number of aliphatic carboxylic acids is 1. The van der Waals surface area contributed by atoms with Crippen LogP contribution in [0.5, 0.6) is 0 Å². The van der Waals surface area contributed by atoms with Gasteiger partial charge in [-0.3, -0.25) is 9.59 Å². The minimum absolute atomic E-state index is 0.148. The van der Waals surface area contributed by atoms with Crippen molar-refractivity contribution in [2.45, 2.75) is 56.3 Å². The number of aryl methyl sites for hydroxylation is 1. The molecular weight excluding hydrogens is 452 g/mol. The Morgan fingerprint density at radius 1 is 1.19 bits per heavy atom. The van der Waals surface area contributed by atoms with Gasteiger partial charge in [0.15, 0.2) is 15.0 Å². The van der Waals surface area contributed by atoms with Crippen LogP contribution >= 0.6 is 11.3 Å². The third-order valence-corrected chi connectivity index (χ3v) is 7.97. The molecule has 0 radical (unpaired) electrons. The SMILES string of the molecule is CCc1sc(NC(=O)C(CC2CCCC2)c2ccc(S(C)(=O)=O)cc2)nc1C(=O)C(=O)O. The maximum absolute atomic E-state index is 13.2. The summed E-state index contributed by atoms with van der Waals surface area (Å²) < 4.78 is 23.6. The molecule has 1 aromatic carbocycles. The number of aromatic nitrogens is 1. The van der Waals surface area contributed by atoms with Crippen LogP contribution in [0.3, 0.4) is 0 Å². The molecule has 3 rings (SSSR count). The molecule has 0 aliphatic heterocycles. The monoisotopic (exact) mass is 478 g/mol. The maximum atomic E-state index is 13.2. The van der Waals surface area contributed by atoms with Crippen molar-refractivity contribution in [2.75, 3.05) is 11.6 Å². The predicted molar refractivity (Wildman–Crippen MR) is 121 cm³/mol. The summed E-state index contributed by atoms with van der Waals surface area (Å²) in [5.41, 5.74) is 0.557. The van der Waals surface area contributed by atoms with Gasteiger partial charge in [-0.25, -0.2) is 18.2 Å². The van der Waals surface area contributed by atoms with Crippen LogP contribution < -0.4 is 5.32 Å². The van der Waals surface area contributed by atoms with Gasteiger partial charge in [-0.05, 0) is 36.5 Å². The summed E-state index contributed by atoms with van der Waals surface area (Å²) in [6.07, 6.45) is 6.50. The van der Waals surface area contributed by atoms with Gasteiger partial charge >= 0.3 is 5.97 Å². The molecule has 1 atom stereocenters. The number of thiazole rings is 1. The third-order valence-electron chi connectivity index (χ3n) is 5.73. The zero-order chi connectivity index (χ0) is 23.5. The zero-order valence-electron chi connectivity index (χ0n) is 18.0. The number of anilines is 1. The number of Topliss-reactive ketones (excluding diaryl/α,β-unsaturated/α-hetero) is 1. The molecule has 2 aromatic rings. The Hall–Kier alpha value is -2.59. The number of carboxylic acid groups (broad SMARTS) is 1. The summed E-state index contributed by atoms with van der Waals surface area (Å²) in [5.74, 6) is -3.12. The molecule has 1 unspecified atom stereocenters. The first-order valence-corrected chi connectivity index (χ1v) is 13.2. The second kappa shape index (κ2) is 9.91. The molecule has 1 saturated carbocycles. The lowest BCUT2D eigenvalue weighted by Crippen LogP contribution is -2.23. The van der Waals surface area contributed by atoms with E-state index in [0.29, 0.717) is 29.2 Å². The molecule has 1 aliphatic rings. The molecule has 1 aromatic heterocycles. The summed E-state index contributed by atoms with van der Waals surface area (Å²) >= 11 is 1.09. The Morgan fingerprint density at radius 2 is 1.81 bits per heavy atom. The molecule has 172 valence electrons. The van der Waals surface area contributed by atoms with Crippen molar-refractivity contribution < 1.29 is 27.9 Å². The highest BCUT2D eigenvalue weighted by Gasteiger charge is 2.29. The highest BCUT2D eigenvalue weighted by atomic mass is 32.2. The van der Waals surface area contributed by atoms with E-state index >= 15 is 0 Å². The first-order chi connectivity index (χ1) is 15.1. The van der Waals surface area contributed by atoms with Crippen molar-refractivity contribution in [1.29, 1.82) is 0 Å². The first kappa shape index (κ1) is 24.1. The van der Waals surface area contributed by atoms with Crippen molar-refractivity contribution >= 4 is 44.0 Å². The molecule has 1 amide bonds. The Labute approximate surface area is 191 Å². The number of amides is 1. The van der Waals surface area contributed by atoms with Crippen LogP contribution in [0.2, 0.25) is 0 Å². The second-order valence-electron chi connectivity index (χ2n) is 8.05. The number of nitrogens with one attached hydrogen (secondary N) is 1. The van der Waals surface area contributed by atoms with Crippen molar-refractivity contribution in [3.63, 3.8) is 0 Å². The fraction of sp³-hybridized carbons (Fsp3) is 0.455. The van der Waals surface area contributed by atoms with Gasteiger partial charge in [0.25, 0.3) is 5.78 Å². The summed E-state index contributed by atoms with van der Waals surface area (Å²) in [5, 5.41) is 11.9. The van der Waals surface area contributed by atoms with Crippen LogP contribution in [0.15, 0.2) is 29.2 Å². The summed E-state index contributed by atoms with van der Waals surface area (Å²) in [7, 11) is -3.35. The number of sulfone groups is 1. The van der Waals surface area contributed by atoms with E-state index in [2.05, 4.69) is 10.3 Å². The van der Waals surface area contributed by atoms with E-state index in [0.717, 1.165) is 43.3 Å². The lowest BCUT2D eigenvalue weighted by Gasteiger charge is -2.20. The number of carbonyl (C=O) groups is 3. The molecule has 8 nitrogen and oxygen atoms in total. The van der Waals surface area contributed by atoms with Gasteiger partial charge in [0.1, 0.15) is 5.69 Å². The molecule has 0 saturated heterocycles. The smallest absolute Gasteiger partial charge is 0.378 e. The Bertz CT molecular complexity index is 1120. The van der Waals surface area contributed by atoms with Crippen LogP contribution in [0.1, 0.15) is 65.9 Å². The number of nitrogens with zero attached hydrogens (tertiary/aromatic N) is 1. The first-order valence-electron chi connectivity index (χ1n) is 10.5. The summed E-state index contributed by atoms with van der Waals surface area (Å²) in [6, 6.07) is 6.33. The lowest BCUT2D eigenvalue weighted by atomic mass is 9.87. The molecule has 1 heterocycles. The number of rotatable bonds is 9. The third kappa shape index (κ3) is 5.60. The van der Waals surface area contributed by atoms with Crippen molar-refractivity contribution in [2.24, 2.45) is 5.92 Å². The van der Waals surface area contributed by atoms with Crippen LogP contribution in [0, 0.1) is 5.92 Å². The number of benzene rings is 1. The Balaban J connectivity index is 1.87. The van der Waals surface area contributed by atoms with Crippen molar-refractivity contribution in [1.82, 2.24) is 4.98 Å². The number of hydrogen-bond acceptors (Lipinski definition) is 7. The van der Waals surface area contributed by atoms with Crippen LogP contribution in [-0.4, -0.2) is 42.4 Å². The second-order valence-corrected chi connectivity index (χ2v) is 11.1. The molecule has 32 heavy (non-hydrogen) atoms. The van der Waals surface area contributed by atoms with Gasteiger partial charge in [-0.1, -0.05) is 44.7 Å². The molecule has 10 heteroatoms. The zero-order valence-corrected chi connectivity index (χ0v) is 19.6. The van der Waals surface area contributed by atoms with E-state index in [4.69, 9.17) is 5.11 Å². The summed E-state index contributed by atoms with van der Waals surface area (Å²) in [4.78, 5) is 41.0. The average Bonchev–Trinajstić information content (AvgIpc) is 3.40. The van der Waals surface area contributed by atoms with E-state index in [1.807, 2.05) is 0 Å². The molecule has 1 aliphatic carbocycles. The maximum Gasteiger partial charge on any atom is 0.378 e. The fourth-order valence-corrected chi connectivity index (χ4v) is 5.57. The minimum atomic E-state index is -3.35. The van der Waals surface area contributed by atoms with Crippen LogP contribution in [0.25, 0.3) is 0 Å². The van der Waals surface area contributed by atoms with Gasteiger partial charge in [0.05, 0.1) is 10.8 Å². The number of ketones is 1. The predicted octanol–water partition coefficient (Wildman–Crippen LogP) is 3.68. The van der Waals surface area contributed by atoms with E-state index in [1.54, 1.807) is 19.1 Å². The standard InChI is InChI=1S/C22H26N2O6S2/c1-3-17-18(19(25)21(27)28)23-22(31-17)24-20(26)16(12-13-6-4-5-7-13)14-8-10-15(11-9-14)32(2,29)30/h8-11,13,16H,3-7,12H2,1-2H3,(H,27,28)(H,23,24,26). The minimum Gasteiger partial charge on any atom is -0.475 e. The fourth-order valence-electron chi connectivity index (χ4n) is 4.04. The number of hydrogen-bond donors (Lipinski definition) is 2. The number of carboxylic acids is 1. The largest absolute Gasteiger partial charge is 0.475 e. The van der Waals surface area contributed by atoms with Gasteiger partial charge in [0, 0.05) is 11.1 Å². The number of carbonyl (C=O) groups excluding carboxylic acids is 2. The Kier molecular flexibility index (Phi) is 7.45.